The van der Waals surface area contributed by atoms with Gasteiger partial charge in [0.15, 0.2) is 5.96 Å². The lowest BCUT2D eigenvalue weighted by molar-refractivity contribution is -0.119. The van der Waals surface area contributed by atoms with E-state index in [1.165, 1.54) is 5.56 Å². The van der Waals surface area contributed by atoms with E-state index in [9.17, 15) is 4.79 Å². The highest BCUT2D eigenvalue weighted by Crippen LogP contribution is 2.21. The average Bonchev–Trinajstić information content (AvgIpc) is 2.56. The van der Waals surface area contributed by atoms with Crippen LogP contribution < -0.4 is 15.5 Å². The van der Waals surface area contributed by atoms with Crippen molar-refractivity contribution in [2.75, 3.05) is 25.0 Å². The fourth-order valence-electron chi connectivity index (χ4n) is 2.52. The SMILES string of the molecule is CCCNC(=NC)NCc1ccc(N2CCCCC2=O)cc1. The Morgan fingerprint density at radius 1 is 1.23 bits per heavy atom. The maximum absolute atomic E-state index is 11.9. The molecule has 0 spiro atoms. The Morgan fingerprint density at radius 3 is 2.64 bits per heavy atom. The van der Waals surface area contributed by atoms with E-state index in [4.69, 9.17) is 0 Å². The number of rotatable bonds is 5. The summed E-state index contributed by atoms with van der Waals surface area (Å²) in [6, 6.07) is 8.19. The molecule has 22 heavy (non-hydrogen) atoms. The van der Waals surface area contributed by atoms with Gasteiger partial charge in [-0.2, -0.15) is 0 Å². The first-order valence-electron chi connectivity index (χ1n) is 8.08. The number of aliphatic imine (C=N–C) groups is 1. The molecule has 5 heteroatoms. The van der Waals surface area contributed by atoms with Gasteiger partial charge in [-0.25, -0.2) is 0 Å². The van der Waals surface area contributed by atoms with Crippen molar-refractivity contribution in [1.82, 2.24) is 10.6 Å². The van der Waals surface area contributed by atoms with Crippen molar-refractivity contribution >= 4 is 17.6 Å². The van der Waals surface area contributed by atoms with Crippen molar-refractivity contribution in [2.24, 2.45) is 4.99 Å². The van der Waals surface area contributed by atoms with Gasteiger partial charge < -0.3 is 15.5 Å². The maximum Gasteiger partial charge on any atom is 0.226 e. The second-order valence-corrected chi connectivity index (χ2v) is 5.52. The number of guanidine groups is 1. The Bertz CT molecular complexity index is 510. The third kappa shape index (κ3) is 4.48. The zero-order chi connectivity index (χ0) is 15.8. The minimum Gasteiger partial charge on any atom is -0.356 e. The number of amides is 1. The van der Waals surface area contributed by atoms with Gasteiger partial charge in [-0.3, -0.25) is 9.79 Å². The molecule has 2 N–H and O–H groups in total. The molecule has 0 aliphatic carbocycles. The molecule has 1 amide bonds. The van der Waals surface area contributed by atoms with Crippen LogP contribution in [0.1, 0.15) is 38.2 Å². The number of piperidine rings is 1. The van der Waals surface area contributed by atoms with Crippen LogP contribution in [0.25, 0.3) is 0 Å². The predicted octanol–water partition coefficient (Wildman–Crippen LogP) is 2.28. The second kappa shape index (κ2) is 8.41. The van der Waals surface area contributed by atoms with Crippen molar-refractivity contribution in [3.63, 3.8) is 0 Å². The van der Waals surface area contributed by atoms with Crippen LogP contribution in [0.15, 0.2) is 29.3 Å². The minimum atomic E-state index is 0.237. The van der Waals surface area contributed by atoms with E-state index in [1.54, 1.807) is 7.05 Å². The van der Waals surface area contributed by atoms with Crippen molar-refractivity contribution in [3.8, 4) is 0 Å². The van der Waals surface area contributed by atoms with Crippen molar-refractivity contribution in [2.45, 2.75) is 39.2 Å². The fraction of sp³-hybridized carbons (Fsp3) is 0.529. The third-order valence-electron chi connectivity index (χ3n) is 3.80. The van der Waals surface area contributed by atoms with E-state index in [0.717, 1.165) is 50.5 Å². The molecule has 0 saturated carbocycles. The quantitative estimate of drug-likeness (QED) is 0.648. The molecule has 2 rings (SSSR count). The van der Waals surface area contributed by atoms with Crippen LogP contribution in [-0.4, -0.2) is 32.0 Å². The van der Waals surface area contributed by atoms with Gasteiger partial charge in [0, 0.05) is 38.8 Å². The summed E-state index contributed by atoms with van der Waals surface area (Å²) in [7, 11) is 1.77. The van der Waals surface area contributed by atoms with Gasteiger partial charge in [0.2, 0.25) is 5.91 Å². The molecule has 1 aliphatic heterocycles. The average molecular weight is 302 g/mol. The van der Waals surface area contributed by atoms with E-state index in [1.807, 2.05) is 17.0 Å². The number of hydrogen-bond donors (Lipinski definition) is 2. The van der Waals surface area contributed by atoms with Crippen molar-refractivity contribution in [1.29, 1.82) is 0 Å². The third-order valence-corrected chi connectivity index (χ3v) is 3.80. The van der Waals surface area contributed by atoms with Crippen LogP contribution in [0.2, 0.25) is 0 Å². The zero-order valence-corrected chi connectivity index (χ0v) is 13.6. The van der Waals surface area contributed by atoms with Crippen molar-refractivity contribution < 1.29 is 4.79 Å². The molecule has 0 unspecified atom stereocenters. The van der Waals surface area contributed by atoms with Gasteiger partial charge in [-0.15, -0.1) is 0 Å². The molecular formula is C17H26N4O. The lowest BCUT2D eigenvalue weighted by Crippen LogP contribution is -2.37. The molecule has 0 bridgehead atoms. The standard InChI is InChI=1S/C17H26N4O/c1-3-11-19-17(18-2)20-13-14-7-9-15(10-8-14)21-12-5-4-6-16(21)22/h7-10H,3-6,11-13H2,1-2H3,(H2,18,19,20). The molecule has 1 aromatic rings. The molecule has 1 heterocycles. The van der Waals surface area contributed by atoms with Crippen LogP contribution in [0, 0.1) is 0 Å². The van der Waals surface area contributed by atoms with Gasteiger partial charge in [-0.05, 0) is 37.0 Å². The molecule has 1 aliphatic rings. The number of hydrogen-bond acceptors (Lipinski definition) is 2. The number of carbonyl (C=O) groups is 1. The summed E-state index contributed by atoms with van der Waals surface area (Å²) in [4.78, 5) is 18.0. The number of nitrogens with one attached hydrogen (secondary N) is 2. The highest BCUT2D eigenvalue weighted by Gasteiger charge is 2.19. The Balaban J connectivity index is 1.90. The fourth-order valence-corrected chi connectivity index (χ4v) is 2.52. The lowest BCUT2D eigenvalue weighted by atomic mass is 10.1. The van der Waals surface area contributed by atoms with Gasteiger partial charge in [0.05, 0.1) is 0 Å². The molecule has 0 atom stereocenters. The number of benzene rings is 1. The van der Waals surface area contributed by atoms with Crippen molar-refractivity contribution in [3.05, 3.63) is 29.8 Å². The maximum atomic E-state index is 11.9. The van der Waals surface area contributed by atoms with Crippen LogP contribution in [0.5, 0.6) is 0 Å². The van der Waals surface area contributed by atoms with Crippen LogP contribution >= 0.6 is 0 Å². The molecule has 120 valence electrons. The summed E-state index contributed by atoms with van der Waals surface area (Å²) in [5.74, 6) is 1.05. The molecule has 5 nitrogen and oxygen atoms in total. The van der Waals surface area contributed by atoms with E-state index >= 15 is 0 Å². The molecular weight excluding hydrogens is 276 g/mol. The van der Waals surface area contributed by atoms with E-state index in [-0.39, 0.29) is 5.91 Å². The van der Waals surface area contributed by atoms with Crippen LogP contribution in [-0.2, 0) is 11.3 Å². The summed E-state index contributed by atoms with van der Waals surface area (Å²) >= 11 is 0. The first kappa shape index (κ1) is 16.3. The Kier molecular flexibility index (Phi) is 6.25. The Morgan fingerprint density at radius 2 is 2.00 bits per heavy atom. The van der Waals surface area contributed by atoms with Gasteiger partial charge in [0.25, 0.3) is 0 Å². The molecule has 1 fully saturated rings. The monoisotopic (exact) mass is 302 g/mol. The van der Waals surface area contributed by atoms with Crippen LogP contribution in [0.3, 0.4) is 0 Å². The topological polar surface area (TPSA) is 56.7 Å². The molecule has 0 radical (unpaired) electrons. The first-order chi connectivity index (χ1) is 10.7. The number of carbonyl (C=O) groups excluding carboxylic acids is 1. The highest BCUT2D eigenvalue weighted by atomic mass is 16.2. The molecule has 1 saturated heterocycles. The van der Waals surface area contributed by atoms with Gasteiger partial charge >= 0.3 is 0 Å². The largest absolute Gasteiger partial charge is 0.356 e. The van der Waals surface area contributed by atoms with E-state index < -0.39 is 0 Å². The zero-order valence-electron chi connectivity index (χ0n) is 13.6. The Labute approximate surface area is 132 Å². The summed E-state index contributed by atoms with van der Waals surface area (Å²) in [6.45, 7) is 4.60. The Hall–Kier alpha value is -2.04. The second-order valence-electron chi connectivity index (χ2n) is 5.52. The summed E-state index contributed by atoms with van der Waals surface area (Å²) in [5.41, 5.74) is 2.18. The van der Waals surface area contributed by atoms with E-state index in [2.05, 4.69) is 34.7 Å². The summed E-state index contributed by atoms with van der Waals surface area (Å²) in [6.07, 6.45) is 3.84. The molecule has 0 aromatic heterocycles. The number of nitrogens with zero attached hydrogens (tertiary/aromatic N) is 2. The summed E-state index contributed by atoms with van der Waals surface area (Å²) < 4.78 is 0. The summed E-state index contributed by atoms with van der Waals surface area (Å²) in [5, 5.41) is 6.53. The minimum absolute atomic E-state index is 0.237. The van der Waals surface area contributed by atoms with Crippen LogP contribution in [0.4, 0.5) is 5.69 Å². The predicted molar refractivity (Wildman–Crippen MR) is 91.1 cm³/mol. The number of anilines is 1. The normalized spacial score (nSPS) is 15.8. The first-order valence-corrected chi connectivity index (χ1v) is 8.08. The molecule has 1 aromatic carbocycles. The lowest BCUT2D eigenvalue weighted by Gasteiger charge is -2.26. The van der Waals surface area contributed by atoms with Gasteiger partial charge in [0.1, 0.15) is 0 Å². The smallest absolute Gasteiger partial charge is 0.226 e. The van der Waals surface area contributed by atoms with Gasteiger partial charge in [-0.1, -0.05) is 19.1 Å². The highest BCUT2D eigenvalue weighted by molar-refractivity contribution is 5.93. The van der Waals surface area contributed by atoms with E-state index in [0.29, 0.717) is 6.42 Å².